The predicted molar refractivity (Wildman–Crippen MR) is 151 cm³/mol. The summed E-state index contributed by atoms with van der Waals surface area (Å²) in [5.41, 5.74) is 1.19. The fraction of sp³-hybridized carbons (Fsp3) is 0.700. The lowest BCUT2D eigenvalue weighted by Crippen LogP contribution is -2.34. The molecule has 1 aliphatic heterocycles. The van der Waals surface area contributed by atoms with E-state index >= 15 is 0 Å². The fourth-order valence-electron chi connectivity index (χ4n) is 5.82. The average Bonchev–Trinajstić information content (AvgIpc) is 3.38. The van der Waals surface area contributed by atoms with Crippen LogP contribution in [0, 0.1) is 23.7 Å². The van der Waals surface area contributed by atoms with Crippen molar-refractivity contribution in [2.75, 3.05) is 25.4 Å². The first kappa shape index (κ1) is 31.3. The van der Waals surface area contributed by atoms with Gasteiger partial charge in [-0.15, -0.1) is 0 Å². The van der Waals surface area contributed by atoms with Crippen molar-refractivity contribution in [3.63, 3.8) is 0 Å². The zero-order valence-electron chi connectivity index (χ0n) is 23.8. The average molecular weight is 564 g/mol. The third-order valence-electron chi connectivity index (χ3n) is 8.10. The van der Waals surface area contributed by atoms with E-state index in [1.54, 1.807) is 11.8 Å². The Bertz CT molecular complexity index is 992. The fourth-order valence-corrected chi connectivity index (χ4v) is 8.14. The van der Waals surface area contributed by atoms with Crippen molar-refractivity contribution in [1.29, 1.82) is 0 Å². The summed E-state index contributed by atoms with van der Waals surface area (Å²) in [5.74, 6) is -2.27. The Balaban J connectivity index is 1.70. The number of carboxylic acid groups (broad SMARTS) is 1. The summed E-state index contributed by atoms with van der Waals surface area (Å²) in [6, 6.07) is 10.0. The minimum atomic E-state index is -3.54. The van der Waals surface area contributed by atoms with Crippen molar-refractivity contribution >= 4 is 25.2 Å². The number of carbonyl (C=O) groups excluding carboxylic acids is 2. The van der Waals surface area contributed by atoms with Gasteiger partial charge in [0.2, 0.25) is 19.6 Å². The molecule has 1 saturated heterocycles. The molecular formula is C30H46NO7P. The smallest absolute Gasteiger partial charge is 0.308 e. The lowest BCUT2D eigenvalue weighted by molar-refractivity contribution is -0.169. The van der Waals surface area contributed by atoms with E-state index in [1.807, 2.05) is 44.2 Å². The molecule has 1 aromatic rings. The Morgan fingerprint density at radius 3 is 2.36 bits per heavy atom. The number of aliphatic carboxylic acids is 1. The number of aryl methyl sites for hydroxylation is 1. The second kappa shape index (κ2) is 15.0. The van der Waals surface area contributed by atoms with Gasteiger partial charge in [0.25, 0.3) is 0 Å². The number of benzene rings is 1. The van der Waals surface area contributed by atoms with Crippen molar-refractivity contribution in [3.8, 4) is 0 Å². The van der Waals surface area contributed by atoms with Crippen LogP contribution in [-0.4, -0.2) is 59.6 Å². The van der Waals surface area contributed by atoms with E-state index in [4.69, 9.17) is 9.26 Å². The number of amides is 1. The molecule has 1 aliphatic carbocycles. The van der Waals surface area contributed by atoms with Gasteiger partial charge in [-0.1, -0.05) is 83.2 Å². The highest BCUT2D eigenvalue weighted by Crippen LogP contribution is 2.51. The van der Waals surface area contributed by atoms with E-state index in [0.29, 0.717) is 18.9 Å². The highest BCUT2D eigenvalue weighted by atomic mass is 31.2. The van der Waals surface area contributed by atoms with E-state index in [9.17, 15) is 24.1 Å². The molecule has 0 aromatic heterocycles. The summed E-state index contributed by atoms with van der Waals surface area (Å²) in [6.45, 7) is 5.85. The summed E-state index contributed by atoms with van der Waals surface area (Å²) in [6.07, 6.45) is 6.60. The Hall–Kier alpha value is -2.18. The van der Waals surface area contributed by atoms with Crippen LogP contribution in [0.3, 0.4) is 0 Å². The van der Waals surface area contributed by atoms with Crippen LogP contribution in [0.25, 0.3) is 0 Å². The molecule has 2 fully saturated rings. The van der Waals surface area contributed by atoms with E-state index < -0.39 is 31.5 Å². The molecule has 4 unspecified atom stereocenters. The Kier molecular flexibility index (Phi) is 12.1. The highest BCUT2D eigenvalue weighted by Gasteiger charge is 2.45. The molecule has 0 bridgehead atoms. The minimum absolute atomic E-state index is 0.0770. The monoisotopic (exact) mass is 563 g/mol. The summed E-state index contributed by atoms with van der Waals surface area (Å²) in [7, 11) is -3.54. The number of likely N-dealkylation sites (tertiary alicyclic amines) is 1. The number of nitrogens with zero attached hydrogens (tertiary/aromatic N) is 1. The van der Waals surface area contributed by atoms with E-state index in [-0.39, 0.29) is 43.0 Å². The number of esters is 1. The predicted octanol–water partition coefficient (Wildman–Crippen LogP) is 5.98. The van der Waals surface area contributed by atoms with Gasteiger partial charge in [-0.05, 0) is 36.7 Å². The maximum absolute atomic E-state index is 14.2. The third kappa shape index (κ3) is 9.46. The maximum Gasteiger partial charge on any atom is 0.308 e. The number of hydrogen-bond donors (Lipinski definition) is 1. The van der Waals surface area contributed by atoms with Gasteiger partial charge in [-0.25, -0.2) is 0 Å². The molecule has 218 valence electrons. The first-order valence-electron chi connectivity index (χ1n) is 14.6. The molecule has 9 heteroatoms. The molecule has 39 heavy (non-hydrogen) atoms. The number of rotatable bonds is 14. The molecule has 2 aliphatic rings. The molecule has 8 nitrogen and oxygen atoms in total. The van der Waals surface area contributed by atoms with Gasteiger partial charge in [0.05, 0.1) is 5.92 Å². The second-order valence-corrected chi connectivity index (χ2v) is 14.1. The van der Waals surface area contributed by atoms with E-state index in [1.165, 1.54) is 12.0 Å². The SMILES string of the molecule is CCC(=O)OC(OP(=O)(CCCCc1ccccc1)CC(=O)N1CC(C(=O)O)C(C2CCCCC2)C1)C(C)C. The lowest BCUT2D eigenvalue weighted by atomic mass is 9.75. The van der Waals surface area contributed by atoms with E-state index in [2.05, 4.69) is 0 Å². The number of ether oxygens (including phenoxy) is 1. The van der Waals surface area contributed by atoms with Crippen molar-refractivity contribution in [3.05, 3.63) is 35.9 Å². The summed E-state index contributed by atoms with van der Waals surface area (Å²) in [5, 5.41) is 9.91. The molecule has 1 amide bonds. The Labute approximate surface area is 233 Å². The maximum atomic E-state index is 14.2. The molecule has 4 atom stereocenters. The molecule has 1 saturated carbocycles. The van der Waals surface area contributed by atoms with Crippen molar-refractivity contribution in [2.45, 2.75) is 84.8 Å². The van der Waals surface area contributed by atoms with Crippen LogP contribution in [0.4, 0.5) is 0 Å². The van der Waals surface area contributed by atoms with Crippen LogP contribution in [0.1, 0.15) is 77.7 Å². The standard InChI is InChI=1S/C30H46NO7P/c1-4-28(33)37-30(22(2)3)38-39(36,18-12-11-15-23-13-7-5-8-14-23)21-27(32)31-19-25(26(20-31)29(34)35)24-16-9-6-10-17-24/h5,7-8,13-14,22,24-26,30H,4,6,9-12,15-21H2,1-3H3,(H,34,35). The zero-order valence-corrected chi connectivity index (χ0v) is 24.7. The number of unbranched alkanes of at least 4 members (excludes halogenated alkanes) is 1. The lowest BCUT2D eigenvalue weighted by Gasteiger charge is -2.30. The largest absolute Gasteiger partial charge is 0.481 e. The van der Waals surface area contributed by atoms with Gasteiger partial charge in [0, 0.05) is 31.6 Å². The molecule has 1 N–H and O–H groups in total. The normalized spacial score (nSPS) is 22.4. The molecule has 0 radical (unpaired) electrons. The highest BCUT2D eigenvalue weighted by molar-refractivity contribution is 7.59. The quantitative estimate of drug-likeness (QED) is 0.128. The molecule has 3 rings (SSSR count). The molecule has 1 heterocycles. The number of hydrogen-bond acceptors (Lipinski definition) is 6. The topological polar surface area (TPSA) is 110 Å². The minimum Gasteiger partial charge on any atom is -0.481 e. The molecule has 1 aromatic carbocycles. The summed E-state index contributed by atoms with van der Waals surface area (Å²) < 4.78 is 25.7. The van der Waals surface area contributed by atoms with Crippen molar-refractivity contribution in [2.24, 2.45) is 23.7 Å². The van der Waals surface area contributed by atoms with Gasteiger partial charge >= 0.3 is 11.9 Å². The first-order valence-corrected chi connectivity index (χ1v) is 16.6. The van der Waals surface area contributed by atoms with Crippen LogP contribution in [0.5, 0.6) is 0 Å². The molecular weight excluding hydrogens is 517 g/mol. The van der Waals surface area contributed by atoms with Gasteiger partial charge in [-0.2, -0.15) is 0 Å². The van der Waals surface area contributed by atoms with Crippen LogP contribution >= 0.6 is 7.37 Å². The van der Waals surface area contributed by atoms with Crippen LogP contribution in [0.2, 0.25) is 0 Å². The Morgan fingerprint density at radius 1 is 1.05 bits per heavy atom. The summed E-state index contributed by atoms with van der Waals surface area (Å²) >= 11 is 0. The number of carboxylic acids is 1. The second-order valence-electron chi connectivity index (χ2n) is 11.5. The van der Waals surface area contributed by atoms with Gasteiger partial charge < -0.3 is 14.7 Å². The number of carbonyl (C=O) groups is 3. The van der Waals surface area contributed by atoms with Crippen molar-refractivity contribution < 1.29 is 33.3 Å². The molecule has 0 spiro atoms. The van der Waals surface area contributed by atoms with E-state index in [0.717, 1.165) is 38.5 Å². The van der Waals surface area contributed by atoms with Gasteiger partial charge in [-0.3, -0.25) is 23.5 Å². The Morgan fingerprint density at radius 2 is 1.74 bits per heavy atom. The van der Waals surface area contributed by atoms with Crippen LogP contribution < -0.4 is 0 Å². The van der Waals surface area contributed by atoms with Crippen molar-refractivity contribution in [1.82, 2.24) is 4.90 Å². The van der Waals surface area contributed by atoms with Gasteiger partial charge in [0.15, 0.2) is 0 Å². The van der Waals surface area contributed by atoms with Gasteiger partial charge in [0.1, 0.15) is 6.16 Å². The van der Waals surface area contributed by atoms with Crippen LogP contribution in [0.15, 0.2) is 30.3 Å². The van der Waals surface area contributed by atoms with Crippen LogP contribution in [-0.2, 0) is 34.6 Å². The third-order valence-corrected chi connectivity index (χ3v) is 10.4. The zero-order chi connectivity index (χ0) is 28.4. The summed E-state index contributed by atoms with van der Waals surface area (Å²) in [4.78, 5) is 39.2. The first-order chi connectivity index (χ1) is 18.6.